The van der Waals surface area contributed by atoms with Crippen molar-refractivity contribution in [1.82, 2.24) is 9.55 Å². The molecule has 0 bridgehead atoms. The van der Waals surface area contributed by atoms with E-state index in [4.69, 9.17) is 19.3 Å². The van der Waals surface area contributed by atoms with Crippen molar-refractivity contribution in [2.75, 3.05) is 20.3 Å². The largest absolute Gasteiger partial charge is 0.492 e. The molecule has 1 aliphatic rings. The van der Waals surface area contributed by atoms with Gasteiger partial charge in [0.2, 0.25) is 0 Å². The molecule has 1 unspecified atom stereocenters. The van der Waals surface area contributed by atoms with E-state index in [1.165, 1.54) is 0 Å². The number of carboxylic acids is 1. The number of benzene rings is 1. The molecule has 1 aromatic carbocycles. The Kier molecular flexibility index (Phi) is 7.24. The van der Waals surface area contributed by atoms with Crippen LogP contribution in [0.5, 0.6) is 5.75 Å². The first kappa shape index (κ1) is 22.8. The highest BCUT2D eigenvalue weighted by molar-refractivity contribution is 6.03. The Hall–Kier alpha value is -3.39. The monoisotopic (exact) mass is 451 g/mol. The predicted octanol–water partition coefficient (Wildman–Crippen LogP) is 3.91. The van der Waals surface area contributed by atoms with Gasteiger partial charge in [0, 0.05) is 30.5 Å². The fourth-order valence-electron chi connectivity index (χ4n) is 3.79. The van der Waals surface area contributed by atoms with Crippen LogP contribution in [0.1, 0.15) is 31.0 Å². The van der Waals surface area contributed by atoms with Gasteiger partial charge in [-0.1, -0.05) is 17.3 Å². The summed E-state index contributed by atoms with van der Waals surface area (Å²) in [6.07, 6.45) is 3.74. The number of oxime groups is 1. The van der Waals surface area contributed by atoms with Crippen LogP contribution in [0.3, 0.4) is 0 Å². The lowest BCUT2D eigenvalue weighted by molar-refractivity contribution is -0.149. The quantitative estimate of drug-likeness (QED) is 0.331. The summed E-state index contributed by atoms with van der Waals surface area (Å²) in [5.74, 6) is 0.213. The lowest BCUT2D eigenvalue weighted by atomic mass is 10.1. The molecule has 2 heterocycles. The third kappa shape index (κ3) is 5.70. The van der Waals surface area contributed by atoms with Gasteiger partial charge in [0.25, 0.3) is 0 Å². The molecule has 1 aliphatic carbocycles. The van der Waals surface area contributed by atoms with Crippen LogP contribution in [0.25, 0.3) is 11.0 Å². The number of ether oxygens (including phenoxy) is 2. The molecule has 174 valence electrons. The van der Waals surface area contributed by atoms with E-state index in [9.17, 15) is 9.90 Å². The maximum Gasteiger partial charge on any atom is 0.333 e. The summed E-state index contributed by atoms with van der Waals surface area (Å²) in [6, 6.07) is 13.6. The second kappa shape index (κ2) is 10.5. The van der Waals surface area contributed by atoms with Crippen LogP contribution >= 0.6 is 0 Å². The molecular formula is C25H29N3O5. The Morgan fingerprint density at radius 1 is 1.21 bits per heavy atom. The van der Waals surface area contributed by atoms with Crippen molar-refractivity contribution in [3.63, 3.8) is 0 Å². The first-order chi connectivity index (χ1) is 16.1. The van der Waals surface area contributed by atoms with E-state index in [2.05, 4.69) is 15.8 Å². The smallest absolute Gasteiger partial charge is 0.333 e. The molecule has 0 radical (unpaired) electrons. The Balaban J connectivity index is 1.37. The van der Waals surface area contributed by atoms with E-state index in [-0.39, 0.29) is 0 Å². The van der Waals surface area contributed by atoms with Crippen LogP contribution in [0.15, 0.2) is 53.8 Å². The highest BCUT2D eigenvalue weighted by Gasteiger charge is 2.30. The van der Waals surface area contributed by atoms with Gasteiger partial charge in [0.15, 0.2) is 6.10 Å². The standard InChI is InChI=1S/C25H29N3O5/c1-3-32-22(25(29)30)16-17-4-9-20(10-5-17)33-15-14-28-13-12-19-8-11-21(26-24(19)28)23(27-31-2)18-6-7-18/h4-5,8-13,18,22H,3,6-7,14-16H2,1-2H3,(H,29,30)/b27-23-. The van der Waals surface area contributed by atoms with Crippen molar-refractivity contribution in [2.24, 2.45) is 11.1 Å². The summed E-state index contributed by atoms with van der Waals surface area (Å²) >= 11 is 0. The van der Waals surface area contributed by atoms with Crippen LogP contribution in [0.4, 0.5) is 0 Å². The van der Waals surface area contributed by atoms with E-state index in [0.29, 0.717) is 32.1 Å². The van der Waals surface area contributed by atoms with Gasteiger partial charge in [-0.15, -0.1) is 0 Å². The van der Waals surface area contributed by atoms with E-state index < -0.39 is 12.1 Å². The Morgan fingerprint density at radius 2 is 2.00 bits per heavy atom. The number of carbonyl (C=O) groups is 1. The van der Waals surface area contributed by atoms with Gasteiger partial charge in [-0.3, -0.25) is 0 Å². The summed E-state index contributed by atoms with van der Waals surface area (Å²) in [5.41, 5.74) is 3.56. The number of aliphatic carboxylic acids is 1. The highest BCUT2D eigenvalue weighted by atomic mass is 16.6. The van der Waals surface area contributed by atoms with Crippen molar-refractivity contribution in [1.29, 1.82) is 0 Å². The molecule has 33 heavy (non-hydrogen) atoms. The number of aromatic nitrogens is 2. The number of rotatable bonds is 12. The first-order valence-electron chi connectivity index (χ1n) is 11.2. The number of pyridine rings is 1. The Bertz CT molecular complexity index is 1120. The molecule has 4 rings (SSSR count). The van der Waals surface area contributed by atoms with Gasteiger partial charge < -0.3 is 24.0 Å². The molecule has 0 spiro atoms. The fraction of sp³-hybridized carbons (Fsp3) is 0.400. The Labute approximate surface area is 192 Å². The normalized spacial score (nSPS) is 14.9. The van der Waals surface area contributed by atoms with Crippen LogP contribution < -0.4 is 4.74 Å². The average molecular weight is 452 g/mol. The molecule has 1 fully saturated rings. The second-order valence-electron chi connectivity index (χ2n) is 8.03. The summed E-state index contributed by atoms with van der Waals surface area (Å²) in [5, 5.41) is 14.5. The zero-order chi connectivity index (χ0) is 23.2. The third-order valence-corrected chi connectivity index (χ3v) is 5.62. The van der Waals surface area contributed by atoms with E-state index in [1.807, 2.05) is 42.6 Å². The molecule has 0 aliphatic heterocycles. The van der Waals surface area contributed by atoms with E-state index in [0.717, 1.165) is 46.6 Å². The van der Waals surface area contributed by atoms with Crippen LogP contribution in [0, 0.1) is 5.92 Å². The minimum Gasteiger partial charge on any atom is -0.492 e. The van der Waals surface area contributed by atoms with Crippen molar-refractivity contribution >= 4 is 22.7 Å². The number of hydrogen-bond acceptors (Lipinski definition) is 6. The minimum absolute atomic E-state index is 0.321. The number of fused-ring (bicyclic) bond motifs is 1. The van der Waals surface area contributed by atoms with Gasteiger partial charge in [0.1, 0.15) is 30.8 Å². The molecule has 8 nitrogen and oxygen atoms in total. The molecule has 1 N–H and O–H groups in total. The summed E-state index contributed by atoms with van der Waals surface area (Å²) < 4.78 is 13.3. The van der Waals surface area contributed by atoms with Crippen LogP contribution in [0.2, 0.25) is 0 Å². The van der Waals surface area contributed by atoms with Crippen molar-refractivity contribution in [3.8, 4) is 5.75 Å². The van der Waals surface area contributed by atoms with Gasteiger partial charge >= 0.3 is 5.97 Å². The first-order valence-corrected chi connectivity index (χ1v) is 11.2. The molecular weight excluding hydrogens is 422 g/mol. The van der Waals surface area contributed by atoms with Crippen molar-refractivity contribution < 1.29 is 24.2 Å². The van der Waals surface area contributed by atoms with Gasteiger partial charge in [-0.25, -0.2) is 9.78 Å². The molecule has 0 amide bonds. The summed E-state index contributed by atoms with van der Waals surface area (Å²) in [4.78, 5) is 21.1. The molecule has 2 aromatic heterocycles. The van der Waals surface area contributed by atoms with E-state index >= 15 is 0 Å². The number of nitrogens with zero attached hydrogens (tertiary/aromatic N) is 3. The highest BCUT2D eigenvalue weighted by Crippen LogP contribution is 2.33. The van der Waals surface area contributed by atoms with Gasteiger partial charge in [0.05, 0.1) is 12.2 Å². The molecule has 3 aromatic rings. The predicted molar refractivity (Wildman–Crippen MR) is 125 cm³/mol. The summed E-state index contributed by atoms with van der Waals surface area (Å²) in [7, 11) is 1.57. The lowest BCUT2D eigenvalue weighted by Gasteiger charge is -2.13. The zero-order valence-electron chi connectivity index (χ0n) is 18.9. The maximum absolute atomic E-state index is 11.3. The van der Waals surface area contributed by atoms with Crippen molar-refractivity contribution in [3.05, 3.63) is 59.9 Å². The maximum atomic E-state index is 11.3. The zero-order valence-corrected chi connectivity index (χ0v) is 18.9. The minimum atomic E-state index is -0.953. The SMILES string of the molecule is CCOC(Cc1ccc(OCCn2ccc3ccc(/C(=N\OC)C4CC4)nc32)cc1)C(=O)O. The van der Waals surface area contributed by atoms with Crippen molar-refractivity contribution in [2.45, 2.75) is 38.8 Å². The topological polar surface area (TPSA) is 95.2 Å². The Morgan fingerprint density at radius 3 is 2.67 bits per heavy atom. The number of hydrogen-bond donors (Lipinski definition) is 1. The molecule has 0 saturated heterocycles. The van der Waals surface area contributed by atoms with E-state index in [1.54, 1.807) is 14.0 Å². The fourth-order valence-corrected chi connectivity index (χ4v) is 3.79. The van der Waals surface area contributed by atoms with Crippen LogP contribution in [-0.2, 0) is 27.3 Å². The number of carboxylic acid groups (broad SMARTS) is 1. The van der Waals surface area contributed by atoms with Gasteiger partial charge in [-0.05, 0) is 55.7 Å². The molecule has 8 heteroatoms. The third-order valence-electron chi connectivity index (χ3n) is 5.62. The second-order valence-corrected chi connectivity index (χ2v) is 8.03. The lowest BCUT2D eigenvalue weighted by Crippen LogP contribution is -2.26. The molecule has 1 saturated carbocycles. The summed E-state index contributed by atoms with van der Waals surface area (Å²) in [6.45, 7) is 3.28. The average Bonchev–Trinajstić information content (AvgIpc) is 3.58. The van der Waals surface area contributed by atoms with Crippen LogP contribution in [-0.4, -0.2) is 52.8 Å². The molecule has 1 atom stereocenters. The van der Waals surface area contributed by atoms with Gasteiger partial charge in [-0.2, -0.15) is 0 Å².